The Hall–Kier alpha value is -0.620. The molecule has 17 heavy (non-hydrogen) atoms. The lowest BCUT2D eigenvalue weighted by atomic mass is 9.80. The van der Waals surface area contributed by atoms with E-state index in [-0.39, 0.29) is 18.8 Å². The van der Waals surface area contributed by atoms with Crippen molar-refractivity contribution in [3.8, 4) is 0 Å². The minimum atomic E-state index is -3.19. The van der Waals surface area contributed by atoms with Gasteiger partial charge in [0.15, 0.2) is 9.84 Å². The SMILES string of the molecule is CC(C)S(=O)(=O)CCC1(C(=O)O)CCCOC1. The number of hydrogen-bond donors (Lipinski definition) is 1. The number of hydrogen-bond acceptors (Lipinski definition) is 4. The van der Waals surface area contributed by atoms with E-state index in [1.54, 1.807) is 13.8 Å². The molecule has 1 heterocycles. The van der Waals surface area contributed by atoms with Crippen molar-refractivity contribution < 1.29 is 23.1 Å². The van der Waals surface area contributed by atoms with Gasteiger partial charge in [-0.15, -0.1) is 0 Å². The van der Waals surface area contributed by atoms with Gasteiger partial charge in [-0.05, 0) is 33.1 Å². The highest BCUT2D eigenvalue weighted by atomic mass is 32.2. The Morgan fingerprint density at radius 1 is 1.47 bits per heavy atom. The molecule has 0 radical (unpaired) electrons. The average molecular weight is 264 g/mol. The standard InChI is InChI=1S/C11H20O5S/c1-9(2)17(14,15)7-5-11(10(12)13)4-3-6-16-8-11/h9H,3-8H2,1-2H3,(H,12,13). The Bertz CT molecular complexity index is 365. The van der Waals surface area contributed by atoms with E-state index in [0.717, 1.165) is 0 Å². The lowest BCUT2D eigenvalue weighted by molar-refractivity contribution is -0.157. The summed E-state index contributed by atoms with van der Waals surface area (Å²) in [6.45, 7) is 3.90. The molecule has 1 N–H and O–H groups in total. The van der Waals surface area contributed by atoms with Crippen LogP contribution in [-0.2, 0) is 19.4 Å². The monoisotopic (exact) mass is 264 g/mol. The molecular formula is C11H20O5S. The average Bonchev–Trinajstić information content (AvgIpc) is 2.27. The molecule has 100 valence electrons. The van der Waals surface area contributed by atoms with Crippen molar-refractivity contribution in [2.45, 2.75) is 38.4 Å². The Balaban J connectivity index is 2.72. The molecule has 0 amide bonds. The van der Waals surface area contributed by atoms with E-state index in [0.29, 0.717) is 19.4 Å². The molecule has 0 aromatic rings. The summed E-state index contributed by atoms with van der Waals surface area (Å²) in [5, 5.41) is 8.79. The molecular weight excluding hydrogens is 244 g/mol. The first-order chi connectivity index (χ1) is 7.80. The summed E-state index contributed by atoms with van der Waals surface area (Å²) in [7, 11) is -3.19. The predicted molar refractivity (Wildman–Crippen MR) is 63.7 cm³/mol. The minimum absolute atomic E-state index is 0.0830. The Morgan fingerprint density at radius 2 is 2.12 bits per heavy atom. The minimum Gasteiger partial charge on any atom is -0.481 e. The molecule has 1 aliphatic heterocycles. The second-order valence-electron chi connectivity index (χ2n) is 4.91. The molecule has 1 saturated heterocycles. The summed E-state index contributed by atoms with van der Waals surface area (Å²) in [5.74, 6) is -1.03. The van der Waals surface area contributed by atoms with E-state index in [9.17, 15) is 18.3 Å². The van der Waals surface area contributed by atoms with Crippen LogP contribution in [0.2, 0.25) is 0 Å². The third kappa shape index (κ3) is 3.42. The summed E-state index contributed by atoms with van der Waals surface area (Å²) in [6, 6.07) is 0. The highest BCUT2D eigenvalue weighted by Gasteiger charge is 2.41. The molecule has 0 aromatic carbocycles. The van der Waals surface area contributed by atoms with Gasteiger partial charge in [0.25, 0.3) is 0 Å². The van der Waals surface area contributed by atoms with E-state index < -0.39 is 26.5 Å². The normalized spacial score (nSPS) is 26.1. The third-order valence-corrected chi connectivity index (χ3v) is 5.57. The number of ether oxygens (including phenoxy) is 1. The zero-order valence-corrected chi connectivity index (χ0v) is 11.1. The van der Waals surface area contributed by atoms with Gasteiger partial charge in [0.1, 0.15) is 0 Å². The van der Waals surface area contributed by atoms with Crippen molar-refractivity contribution in [3.63, 3.8) is 0 Å². The van der Waals surface area contributed by atoms with Crippen molar-refractivity contribution in [1.82, 2.24) is 0 Å². The largest absolute Gasteiger partial charge is 0.481 e. The molecule has 0 aromatic heterocycles. The lowest BCUT2D eigenvalue weighted by Gasteiger charge is -2.33. The van der Waals surface area contributed by atoms with Crippen molar-refractivity contribution in [2.75, 3.05) is 19.0 Å². The first-order valence-corrected chi connectivity index (χ1v) is 7.54. The zero-order chi connectivity index (χ0) is 13.1. The van der Waals surface area contributed by atoms with Gasteiger partial charge in [-0.3, -0.25) is 4.79 Å². The van der Waals surface area contributed by atoms with E-state index in [2.05, 4.69) is 0 Å². The molecule has 0 aliphatic carbocycles. The summed E-state index contributed by atoms with van der Waals surface area (Å²) in [6.07, 6.45) is 1.31. The molecule has 1 unspecified atom stereocenters. The van der Waals surface area contributed by atoms with Gasteiger partial charge in [0.05, 0.1) is 23.0 Å². The molecule has 1 fully saturated rings. The molecule has 0 spiro atoms. The molecule has 1 rings (SSSR count). The van der Waals surface area contributed by atoms with Crippen molar-refractivity contribution in [2.24, 2.45) is 5.41 Å². The van der Waals surface area contributed by atoms with E-state index >= 15 is 0 Å². The van der Waals surface area contributed by atoms with E-state index in [1.165, 1.54) is 0 Å². The molecule has 0 saturated carbocycles. The van der Waals surface area contributed by atoms with Crippen LogP contribution < -0.4 is 0 Å². The van der Waals surface area contributed by atoms with Gasteiger partial charge in [0, 0.05) is 6.61 Å². The van der Waals surface area contributed by atoms with Crippen LogP contribution in [0.25, 0.3) is 0 Å². The number of aliphatic carboxylic acids is 1. The van der Waals surface area contributed by atoms with Crippen molar-refractivity contribution in [1.29, 1.82) is 0 Å². The summed E-state index contributed by atoms with van der Waals surface area (Å²) in [5.41, 5.74) is -1.01. The van der Waals surface area contributed by atoms with Gasteiger partial charge in [-0.2, -0.15) is 0 Å². The lowest BCUT2D eigenvalue weighted by Crippen LogP contribution is -2.41. The number of carboxylic acids is 1. The van der Waals surface area contributed by atoms with Gasteiger partial charge in [-0.1, -0.05) is 0 Å². The van der Waals surface area contributed by atoms with Crippen molar-refractivity contribution in [3.05, 3.63) is 0 Å². The fourth-order valence-electron chi connectivity index (χ4n) is 1.90. The molecule has 1 atom stereocenters. The number of carboxylic acid groups (broad SMARTS) is 1. The fourth-order valence-corrected chi connectivity index (χ4v) is 3.05. The Kier molecular flexibility index (Phi) is 4.55. The van der Waals surface area contributed by atoms with E-state index in [1.807, 2.05) is 0 Å². The van der Waals surface area contributed by atoms with Crippen LogP contribution in [-0.4, -0.2) is 43.7 Å². The highest BCUT2D eigenvalue weighted by molar-refractivity contribution is 7.91. The Morgan fingerprint density at radius 3 is 2.53 bits per heavy atom. The van der Waals surface area contributed by atoms with Crippen LogP contribution in [0.4, 0.5) is 0 Å². The smallest absolute Gasteiger partial charge is 0.312 e. The van der Waals surface area contributed by atoms with Gasteiger partial charge < -0.3 is 9.84 Å². The first kappa shape index (κ1) is 14.4. The second kappa shape index (κ2) is 5.35. The molecule has 5 nitrogen and oxygen atoms in total. The number of sulfone groups is 1. The fraction of sp³-hybridized carbons (Fsp3) is 0.909. The molecule has 6 heteroatoms. The summed E-state index contributed by atoms with van der Waals surface area (Å²) in [4.78, 5) is 11.3. The number of carbonyl (C=O) groups is 1. The van der Waals surface area contributed by atoms with Crippen LogP contribution in [0, 0.1) is 5.41 Å². The van der Waals surface area contributed by atoms with Crippen LogP contribution in [0.3, 0.4) is 0 Å². The maximum absolute atomic E-state index is 11.7. The number of rotatable bonds is 5. The van der Waals surface area contributed by atoms with Crippen molar-refractivity contribution >= 4 is 15.8 Å². The van der Waals surface area contributed by atoms with E-state index in [4.69, 9.17) is 4.74 Å². The molecule has 0 bridgehead atoms. The predicted octanol–water partition coefficient (Wildman–Crippen LogP) is 1.08. The maximum Gasteiger partial charge on any atom is 0.312 e. The molecule has 1 aliphatic rings. The van der Waals surface area contributed by atoms with Crippen LogP contribution in [0.5, 0.6) is 0 Å². The second-order valence-corrected chi connectivity index (χ2v) is 7.58. The van der Waals surface area contributed by atoms with Gasteiger partial charge in [0.2, 0.25) is 0 Å². The highest BCUT2D eigenvalue weighted by Crippen LogP contribution is 2.33. The van der Waals surface area contributed by atoms with Crippen LogP contribution in [0.15, 0.2) is 0 Å². The Labute approximate surface area is 102 Å². The third-order valence-electron chi connectivity index (χ3n) is 3.36. The quantitative estimate of drug-likeness (QED) is 0.803. The van der Waals surface area contributed by atoms with Crippen LogP contribution >= 0.6 is 0 Å². The summed E-state index contributed by atoms with van der Waals surface area (Å²) >= 11 is 0. The topological polar surface area (TPSA) is 80.7 Å². The zero-order valence-electron chi connectivity index (χ0n) is 10.3. The summed E-state index contributed by atoms with van der Waals surface area (Å²) < 4.78 is 28.6. The van der Waals surface area contributed by atoms with Gasteiger partial charge >= 0.3 is 5.97 Å². The van der Waals surface area contributed by atoms with Gasteiger partial charge in [-0.25, -0.2) is 8.42 Å². The first-order valence-electron chi connectivity index (χ1n) is 5.83. The maximum atomic E-state index is 11.7. The van der Waals surface area contributed by atoms with Crippen LogP contribution in [0.1, 0.15) is 33.1 Å².